The summed E-state index contributed by atoms with van der Waals surface area (Å²) in [6.07, 6.45) is 4.29. The summed E-state index contributed by atoms with van der Waals surface area (Å²) >= 11 is 0. The van der Waals surface area contributed by atoms with Crippen LogP contribution >= 0.6 is 0 Å². The fourth-order valence-corrected chi connectivity index (χ4v) is 2.07. The van der Waals surface area contributed by atoms with Crippen molar-refractivity contribution in [3.63, 3.8) is 0 Å². The van der Waals surface area contributed by atoms with Crippen molar-refractivity contribution in [2.75, 3.05) is 0 Å². The van der Waals surface area contributed by atoms with Gasteiger partial charge in [-0.15, -0.1) is 0 Å². The van der Waals surface area contributed by atoms with Gasteiger partial charge in [-0.2, -0.15) is 0 Å². The van der Waals surface area contributed by atoms with Gasteiger partial charge in [0.05, 0.1) is 0 Å². The molecule has 3 N–H and O–H groups in total. The van der Waals surface area contributed by atoms with Crippen molar-refractivity contribution in [3.8, 4) is 0 Å². The molecule has 0 fully saturated rings. The second kappa shape index (κ2) is 4.71. The number of fused-ring (bicyclic) bond motifs is 1. The Balaban J connectivity index is 2.19. The van der Waals surface area contributed by atoms with Crippen LogP contribution in [0.3, 0.4) is 0 Å². The molecule has 0 bridgehead atoms. The molecule has 0 saturated carbocycles. The lowest BCUT2D eigenvalue weighted by Gasteiger charge is -2.12. The van der Waals surface area contributed by atoms with Gasteiger partial charge in [0.2, 0.25) is 0 Å². The van der Waals surface area contributed by atoms with E-state index < -0.39 is 0 Å². The van der Waals surface area contributed by atoms with Gasteiger partial charge in [-0.05, 0) is 30.4 Å². The predicted molar refractivity (Wildman–Crippen MR) is 69.3 cm³/mol. The number of rotatable bonds is 4. The molecular formula is C14H20N2. The van der Waals surface area contributed by atoms with Gasteiger partial charge in [0.15, 0.2) is 0 Å². The van der Waals surface area contributed by atoms with Crippen LogP contribution in [-0.4, -0.2) is 4.98 Å². The van der Waals surface area contributed by atoms with Crippen LogP contribution in [0.2, 0.25) is 0 Å². The van der Waals surface area contributed by atoms with Gasteiger partial charge in [0, 0.05) is 23.1 Å². The van der Waals surface area contributed by atoms with Crippen molar-refractivity contribution in [2.45, 2.75) is 32.7 Å². The van der Waals surface area contributed by atoms with Crippen LogP contribution in [0.15, 0.2) is 30.5 Å². The number of aromatic nitrogens is 1. The highest BCUT2D eigenvalue weighted by Crippen LogP contribution is 2.26. The summed E-state index contributed by atoms with van der Waals surface area (Å²) in [6.45, 7) is 4.48. The summed E-state index contributed by atoms with van der Waals surface area (Å²) in [5.41, 5.74) is 8.66. The van der Waals surface area contributed by atoms with Gasteiger partial charge in [0.25, 0.3) is 0 Å². The van der Waals surface area contributed by atoms with Crippen LogP contribution in [0.4, 0.5) is 0 Å². The summed E-state index contributed by atoms with van der Waals surface area (Å²) in [6, 6.07) is 8.49. The number of aromatic amines is 1. The first kappa shape index (κ1) is 11.2. The lowest BCUT2D eigenvalue weighted by Crippen LogP contribution is -2.10. The van der Waals surface area contributed by atoms with Gasteiger partial charge >= 0.3 is 0 Å². The van der Waals surface area contributed by atoms with E-state index in [2.05, 4.69) is 43.2 Å². The molecule has 2 aromatic rings. The average Bonchev–Trinajstić information content (AvgIpc) is 2.69. The minimum absolute atomic E-state index is 0.151. The molecule has 0 aliphatic carbocycles. The van der Waals surface area contributed by atoms with Crippen LogP contribution in [0.5, 0.6) is 0 Å². The van der Waals surface area contributed by atoms with Crippen molar-refractivity contribution in [1.29, 1.82) is 0 Å². The molecule has 0 aliphatic rings. The number of para-hydroxylation sites is 1. The summed E-state index contributed by atoms with van der Waals surface area (Å²) in [5.74, 6) is 0.719. The molecule has 2 heteroatoms. The van der Waals surface area contributed by atoms with Crippen LogP contribution in [0.25, 0.3) is 10.9 Å². The molecule has 0 spiro atoms. The second-order valence-corrected chi connectivity index (χ2v) is 4.87. The Morgan fingerprint density at radius 3 is 2.69 bits per heavy atom. The monoisotopic (exact) mass is 216 g/mol. The maximum Gasteiger partial charge on any atom is 0.0457 e. The molecule has 16 heavy (non-hydrogen) atoms. The van der Waals surface area contributed by atoms with Gasteiger partial charge in [-0.3, -0.25) is 0 Å². The van der Waals surface area contributed by atoms with Crippen LogP contribution in [-0.2, 0) is 0 Å². The lowest BCUT2D eigenvalue weighted by atomic mass is 9.98. The fourth-order valence-electron chi connectivity index (χ4n) is 2.07. The Morgan fingerprint density at radius 1 is 1.19 bits per heavy atom. The van der Waals surface area contributed by atoms with Crippen molar-refractivity contribution in [2.24, 2.45) is 11.7 Å². The van der Waals surface area contributed by atoms with Crippen molar-refractivity contribution < 1.29 is 0 Å². The van der Waals surface area contributed by atoms with E-state index in [1.54, 1.807) is 0 Å². The Bertz CT molecular complexity index is 456. The molecular weight excluding hydrogens is 196 g/mol. The molecule has 0 aliphatic heterocycles. The number of hydrogen-bond donors (Lipinski definition) is 2. The van der Waals surface area contributed by atoms with Crippen molar-refractivity contribution >= 4 is 10.9 Å². The van der Waals surface area contributed by atoms with E-state index in [4.69, 9.17) is 5.73 Å². The summed E-state index contributed by atoms with van der Waals surface area (Å²) < 4.78 is 0. The molecule has 1 aromatic heterocycles. The first-order chi connectivity index (χ1) is 7.68. The van der Waals surface area contributed by atoms with Crippen LogP contribution in [0, 0.1) is 5.92 Å². The number of nitrogens with one attached hydrogen (secondary N) is 1. The molecule has 2 nitrogen and oxygen atoms in total. The molecule has 2 rings (SSSR count). The molecule has 0 amide bonds. The Kier molecular flexibility index (Phi) is 3.30. The lowest BCUT2D eigenvalue weighted by molar-refractivity contribution is 0.508. The van der Waals surface area contributed by atoms with E-state index in [0.29, 0.717) is 0 Å². The first-order valence-corrected chi connectivity index (χ1v) is 6.00. The maximum absolute atomic E-state index is 6.23. The summed E-state index contributed by atoms with van der Waals surface area (Å²) in [7, 11) is 0. The standard InChI is InChI=1S/C14H20N2/c1-10(2)7-8-13(15)12-9-16-14-6-4-3-5-11(12)14/h3-6,9-10,13,16H,7-8,15H2,1-2H3/t13-/m0/s1. The zero-order valence-electron chi connectivity index (χ0n) is 10.0. The largest absolute Gasteiger partial charge is 0.361 e. The fraction of sp³-hybridized carbons (Fsp3) is 0.429. The molecule has 0 unspecified atom stereocenters. The summed E-state index contributed by atoms with van der Waals surface area (Å²) in [4.78, 5) is 3.28. The molecule has 1 heterocycles. The minimum Gasteiger partial charge on any atom is -0.361 e. The van der Waals surface area contributed by atoms with Gasteiger partial charge in [0.1, 0.15) is 0 Å². The normalized spacial score (nSPS) is 13.5. The van der Waals surface area contributed by atoms with Gasteiger partial charge in [-0.1, -0.05) is 32.0 Å². The van der Waals surface area contributed by atoms with Gasteiger partial charge in [-0.25, -0.2) is 0 Å². The number of hydrogen-bond acceptors (Lipinski definition) is 1. The Hall–Kier alpha value is -1.28. The molecule has 1 atom stereocenters. The highest BCUT2D eigenvalue weighted by Gasteiger charge is 2.11. The SMILES string of the molecule is CC(C)CC[C@H](N)c1c[nH]c2ccccc12. The van der Waals surface area contributed by atoms with Crippen molar-refractivity contribution in [1.82, 2.24) is 4.98 Å². The number of benzene rings is 1. The zero-order valence-corrected chi connectivity index (χ0v) is 10.0. The second-order valence-electron chi connectivity index (χ2n) is 4.87. The first-order valence-electron chi connectivity index (χ1n) is 6.00. The van der Waals surface area contributed by atoms with E-state index in [0.717, 1.165) is 12.3 Å². The highest BCUT2D eigenvalue weighted by molar-refractivity contribution is 5.83. The average molecular weight is 216 g/mol. The van der Waals surface area contributed by atoms with Crippen molar-refractivity contribution in [3.05, 3.63) is 36.0 Å². The van der Waals surface area contributed by atoms with Gasteiger partial charge < -0.3 is 10.7 Å². The summed E-state index contributed by atoms with van der Waals surface area (Å²) in [5, 5.41) is 1.26. The molecule has 0 saturated heterocycles. The third-order valence-electron chi connectivity index (χ3n) is 3.08. The topological polar surface area (TPSA) is 41.8 Å². The van der Waals surface area contributed by atoms with E-state index in [1.807, 2.05) is 6.07 Å². The Labute approximate surface area is 96.9 Å². The predicted octanol–water partition coefficient (Wildman–Crippen LogP) is 3.60. The third kappa shape index (κ3) is 2.27. The highest BCUT2D eigenvalue weighted by atomic mass is 14.7. The van der Waals surface area contributed by atoms with Crippen LogP contribution in [0.1, 0.15) is 38.3 Å². The van der Waals surface area contributed by atoms with E-state index in [9.17, 15) is 0 Å². The molecule has 1 aromatic carbocycles. The maximum atomic E-state index is 6.23. The molecule has 0 radical (unpaired) electrons. The zero-order chi connectivity index (χ0) is 11.5. The van der Waals surface area contributed by atoms with E-state index >= 15 is 0 Å². The quantitative estimate of drug-likeness (QED) is 0.805. The van der Waals surface area contributed by atoms with E-state index in [1.165, 1.54) is 22.9 Å². The smallest absolute Gasteiger partial charge is 0.0457 e. The number of H-pyrrole nitrogens is 1. The van der Waals surface area contributed by atoms with Crippen LogP contribution < -0.4 is 5.73 Å². The number of nitrogens with two attached hydrogens (primary N) is 1. The minimum atomic E-state index is 0.151. The van der Waals surface area contributed by atoms with E-state index in [-0.39, 0.29) is 6.04 Å². The third-order valence-corrected chi connectivity index (χ3v) is 3.08. The Morgan fingerprint density at radius 2 is 1.94 bits per heavy atom. The molecule has 86 valence electrons.